The summed E-state index contributed by atoms with van der Waals surface area (Å²) in [5.41, 5.74) is -0.0180. The number of nitrogens with zero attached hydrogens (tertiary/aromatic N) is 3. The molecule has 0 aromatic carbocycles. The first-order chi connectivity index (χ1) is 15.8. The normalized spacial score (nSPS) is 18.9. The summed E-state index contributed by atoms with van der Waals surface area (Å²) in [6, 6.07) is 8.68. The molecule has 1 fully saturated rings. The summed E-state index contributed by atoms with van der Waals surface area (Å²) in [5.74, 6) is -2.98. The number of aromatic nitrogens is 3. The average molecular weight is 455 g/mol. The summed E-state index contributed by atoms with van der Waals surface area (Å²) in [6.07, 6.45) is 5.63. The number of carbonyl (C=O) groups is 1. The molecule has 0 aliphatic carbocycles. The maximum Gasteiger partial charge on any atom is 0.257 e. The van der Waals surface area contributed by atoms with E-state index in [-0.39, 0.29) is 31.0 Å². The Morgan fingerprint density at radius 3 is 2.67 bits per heavy atom. The zero-order valence-electron chi connectivity index (χ0n) is 17.9. The van der Waals surface area contributed by atoms with Crippen molar-refractivity contribution in [1.29, 1.82) is 0 Å². The number of rotatable bonds is 6. The van der Waals surface area contributed by atoms with Crippen molar-refractivity contribution in [2.45, 2.75) is 31.2 Å². The maximum absolute atomic E-state index is 14.6. The summed E-state index contributed by atoms with van der Waals surface area (Å²) >= 11 is 0. The SMILES string of the molecule is CC(C(=O)Nc1ccc(Oc2ccncc2)cn1)N1CCC(F)(F)[C@@H](c2ccc(=O)[nH]c2)C1. The van der Waals surface area contributed by atoms with Crippen LogP contribution in [0.15, 0.2) is 66.0 Å². The highest BCUT2D eigenvalue weighted by atomic mass is 19.3. The first-order valence-corrected chi connectivity index (χ1v) is 10.5. The number of likely N-dealkylation sites (tertiary alicyclic amines) is 1. The Morgan fingerprint density at radius 2 is 2.00 bits per heavy atom. The van der Waals surface area contributed by atoms with Gasteiger partial charge in [-0.2, -0.15) is 0 Å². The first-order valence-electron chi connectivity index (χ1n) is 10.5. The molecular formula is C23H23F2N5O3. The van der Waals surface area contributed by atoms with E-state index in [9.17, 15) is 18.4 Å². The molecule has 0 bridgehead atoms. The number of anilines is 1. The van der Waals surface area contributed by atoms with E-state index in [1.807, 2.05) is 0 Å². The lowest BCUT2D eigenvalue weighted by atomic mass is 9.87. The third-order valence-electron chi connectivity index (χ3n) is 5.67. The van der Waals surface area contributed by atoms with Crippen molar-refractivity contribution < 1.29 is 18.3 Å². The first kappa shape index (κ1) is 22.5. The number of piperidine rings is 1. The lowest BCUT2D eigenvalue weighted by Gasteiger charge is -2.40. The number of ether oxygens (including phenoxy) is 1. The van der Waals surface area contributed by atoms with E-state index in [1.54, 1.807) is 48.5 Å². The molecule has 3 aromatic heterocycles. The van der Waals surface area contributed by atoms with E-state index < -0.39 is 17.9 Å². The minimum atomic E-state index is -2.93. The molecule has 1 unspecified atom stereocenters. The molecule has 0 spiro atoms. The smallest absolute Gasteiger partial charge is 0.257 e. The van der Waals surface area contributed by atoms with Gasteiger partial charge in [-0.3, -0.25) is 19.5 Å². The molecule has 0 radical (unpaired) electrons. The minimum Gasteiger partial charge on any atom is -0.456 e. The number of halogens is 2. The van der Waals surface area contributed by atoms with E-state index in [0.717, 1.165) is 0 Å². The number of hydrogen-bond donors (Lipinski definition) is 2. The third kappa shape index (κ3) is 5.40. The summed E-state index contributed by atoms with van der Waals surface area (Å²) in [7, 11) is 0. The number of alkyl halides is 2. The van der Waals surface area contributed by atoms with Crippen LogP contribution in [0.3, 0.4) is 0 Å². The van der Waals surface area contributed by atoms with Gasteiger partial charge in [-0.1, -0.05) is 6.07 Å². The average Bonchev–Trinajstić information content (AvgIpc) is 2.81. The Bertz CT molecular complexity index is 1130. The van der Waals surface area contributed by atoms with Gasteiger partial charge in [0.15, 0.2) is 0 Å². The van der Waals surface area contributed by atoms with Crippen molar-refractivity contribution in [1.82, 2.24) is 19.9 Å². The van der Waals surface area contributed by atoms with Crippen molar-refractivity contribution >= 4 is 11.7 Å². The Balaban J connectivity index is 1.39. The van der Waals surface area contributed by atoms with Gasteiger partial charge in [-0.15, -0.1) is 0 Å². The number of H-pyrrole nitrogens is 1. The quantitative estimate of drug-likeness (QED) is 0.591. The molecule has 33 heavy (non-hydrogen) atoms. The number of hydrogen-bond acceptors (Lipinski definition) is 6. The Labute approximate surface area is 188 Å². The number of nitrogens with one attached hydrogen (secondary N) is 2. The molecule has 172 valence electrons. The Morgan fingerprint density at radius 1 is 1.21 bits per heavy atom. The zero-order chi connectivity index (χ0) is 23.4. The molecule has 1 amide bonds. The topological polar surface area (TPSA) is 100 Å². The van der Waals surface area contributed by atoms with Gasteiger partial charge in [0, 0.05) is 44.2 Å². The minimum absolute atomic E-state index is 0.0141. The van der Waals surface area contributed by atoms with Gasteiger partial charge < -0.3 is 15.0 Å². The summed E-state index contributed by atoms with van der Waals surface area (Å²) in [5, 5.41) is 2.72. The summed E-state index contributed by atoms with van der Waals surface area (Å²) in [6.45, 7) is 1.73. The number of carbonyl (C=O) groups excluding carboxylic acids is 1. The van der Waals surface area contributed by atoms with E-state index in [4.69, 9.17) is 4.74 Å². The van der Waals surface area contributed by atoms with Crippen molar-refractivity contribution in [3.05, 3.63) is 77.1 Å². The Hall–Kier alpha value is -3.66. The summed E-state index contributed by atoms with van der Waals surface area (Å²) < 4.78 is 34.8. The van der Waals surface area contributed by atoms with Crippen LogP contribution < -0.4 is 15.6 Å². The lowest BCUT2D eigenvalue weighted by molar-refractivity contribution is -0.125. The molecule has 0 saturated carbocycles. The van der Waals surface area contributed by atoms with Crippen LogP contribution in [0.25, 0.3) is 0 Å². The number of amides is 1. The fourth-order valence-electron chi connectivity index (χ4n) is 3.72. The molecule has 4 heterocycles. The molecule has 2 N–H and O–H groups in total. The monoisotopic (exact) mass is 455 g/mol. The predicted molar refractivity (Wildman–Crippen MR) is 118 cm³/mol. The van der Waals surface area contributed by atoms with Crippen LogP contribution in [-0.4, -0.2) is 50.8 Å². The second-order valence-electron chi connectivity index (χ2n) is 7.87. The van der Waals surface area contributed by atoms with E-state index in [2.05, 4.69) is 20.3 Å². The fraction of sp³-hybridized carbons (Fsp3) is 0.304. The molecule has 4 rings (SSSR count). The number of pyridine rings is 3. The van der Waals surface area contributed by atoms with Crippen LogP contribution in [-0.2, 0) is 4.79 Å². The van der Waals surface area contributed by atoms with Gasteiger partial charge in [0.25, 0.3) is 5.92 Å². The molecular weight excluding hydrogens is 432 g/mol. The fourth-order valence-corrected chi connectivity index (χ4v) is 3.72. The molecule has 2 atom stereocenters. The zero-order valence-corrected chi connectivity index (χ0v) is 17.9. The Kier molecular flexibility index (Phi) is 6.45. The van der Waals surface area contributed by atoms with Crippen molar-refractivity contribution in [2.75, 3.05) is 18.4 Å². The van der Waals surface area contributed by atoms with Crippen LogP contribution in [0.1, 0.15) is 24.8 Å². The van der Waals surface area contributed by atoms with Gasteiger partial charge in [0.1, 0.15) is 17.3 Å². The second-order valence-corrected chi connectivity index (χ2v) is 7.87. The van der Waals surface area contributed by atoms with E-state index in [1.165, 1.54) is 24.5 Å². The van der Waals surface area contributed by atoms with Gasteiger partial charge in [0.05, 0.1) is 18.2 Å². The van der Waals surface area contributed by atoms with Gasteiger partial charge in [0.2, 0.25) is 11.5 Å². The lowest BCUT2D eigenvalue weighted by Crippen LogP contribution is -2.52. The van der Waals surface area contributed by atoms with Crippen LogP contribution in [0.2, 0.25) is 0 Å². The van der Waals surface area contributed by atoms with Crippen LogP contribution in [0.5, 0.6) is 11.5 Å². The van der Waals surface area contributed by atoms with Crippen LogP contribution in [0.4, 0.5) is 14.6 Å². The van der Waals surface area contributed by atoms with Gasteiger partial charge in [-0.25, -0.2) is 13.8 Å². The van der Waals surface area contributed by atoms with Crippen molar-refractivity contribution in [2.24, 2.45) is 0 Å². The van der Waals surface area contributed by atoms with Crippen LogP contribution in [0, 0.1) is 0 Å². The second kappa shape index (κ2) is 9.45. The highest BCUT2D eigenvalue weighted by Crippen LogP contribution is 2.40. The van der Waals surface area contributed by atoms with Crippen LogP contribution >= 0.6 is 0 Å². The molecule has 10 heteroatoms. The molecule has 8 nitrogen and oxygen atoms in total. The highest BCUT2D eigenvalue weighted by molar-refractivity contribution is 5.93. The standard InChI is InChI=1S/C23H23F2N5O3/c1-15(30-11-8-23(24,25)19(14-30)16-2-5-21(31)28-12-16)22(32)29-20-4-3-18(13-27-20)33-17-6-9-26-10-7-17/h2-7,9-10,12-13,15,19H,8,11,14H2,1H3,(H,28,31)(H,27,29,32)/t15?,19-/m1/s1. The predicted octanol–water partition coefficient (Wildman–Crippen LogP) is 3.41. The molecule has 1 aliphatic rings. The summed E-state index contributed by atoms with van der Waals surface area (Å²) in [4.78, 5) is 36.3. The largest absolute Gasteiger partial charge is 0.456 e. The van der Waals surface area contributed by atoms with Crippen molar-refractivity contribution in [3.8, 4) is 11.5 Å². The van der Waals surface area contributed by atoms with Gasteiger partial charge in [-0.05, 0) is 36.8 Å². The van der Waals surface area contributed by atoms with E-state index >= 15 is 0 Å². The van der Waals surface area contributed by atoms with Gasteiger partial charge >= 0.3 is 0 Å². The van der Waals surface area contributed by atoms with Crippen molar-refractivity contribution in [3.63, 3.8) is 0 Å². The number of aromatic amines is 1. The molecule has 1 saturated heterocycles. The van der Waals surface area contributed by atoms with E-state index in [0.29, 0.717) is 22.9 Å². The molecule has 3 aromatic rings. The highest BCUT2D eigenvalue weighted by Gasteiger charge is 2.46. The maximum atomic E-state index is 14.6. The molecule has 1 aliphatic heterocycles. The third-order valence-corrected chi connectivity index (χ3v) is 5.67.